The van der Waals surface area contributed by atoms with Gasteiger partial charge in [0.2, 0.25) is 0 Å². The number of rotatable bonds is 6. The van der Waals surface area contributed by atoms with Gasteiger partial charge in [0.1, 0.15) is 0 Å². The van der Waals surface area contributed by atoms with Crippen LogP contribution < -0.4 is 11.1 Å². The van der Waals surface area contributed by atoms with Gasteiger partial charge in [-0.2, -0.15) is 0 Å². The van der Waals surface area contributed by atoms with Gasteiger partial charge in [0.25, 0.3) is 5.91 Å². The summed E-state index contributed by atoms with van der Waals surface area (Å²) < 4.78 is 0. The summed E-state index contributed by atoms with van der Waals surface area (Å²) in [6.45, 7) is 8.56. The van der Waals surface area contributed by atoms with E-state index in [0.717, 1.165) is 44.3 Å². The van der Waals surface area contributed by atoms with E-state index in [1.165, 1.54) is 5.56 Å². The summed E-state index contributed by atoms with van der Waals surface area (Å²) in [6.07, 6.45) is 3.99. The van der Waals surface area contributed by atoms with Gasteiger partial charge in [-0.05, 0) is 63.8 Å². The molecule has 4 nitrogen and oxygen atoms in total. The predicted molar refractivity (Wildman–Crippen MR) is 95.4 cm³/mol. The van der Waals surface area contributed by atoms with Crippen molar-refractivity contribution in [3.63, 3.8) is 0 Å². The van der Waals surface area contributed by atoms with Crippen LogP contribution in [0.3, 0.4) is 0 Å². The Morgan fingerprint density at radius 3 is 2.35 bits per heavy atom. The molecule has 1 fully saturated rings. The highest BCUT2D eigenvalue weighted by Gasteiger charge is 2.20. The predicted octanol–water partition coefficient (Wildman–Crippen LogP) is 2.92. The van der Waals surface area contributed by atoms with Crippen LogP contribution in [0.1, 0.15) is 62.4 Å². The van der Waals surface area contributed by atoms with Crippen LogP contribution >= 0.6 is 0 Å². The van der Waals surface area contributed by atoms with Crippen molar-refractivity contribution in [1.29, 1.82) is 0 Å². The van der Waals surface area contributed by atoms with Crippen LogP contribution in [-0.2, 0) is 6.54 Å². The molecule has 0 atom stereocenters. The van der Waals surface area contributed by atoms with Gasteiger partial charge in [-0.15, -0.1) is 0 Å². The number of hydrogen-bond acceptors (Lipinski definition) is 3. The van der Waals surface area contributed by atoms with Gasteiger partial charge in [0.15, 0.2) is 0 Å². The molecule has 0 bridgehead atoms. The molecule has 1 aliphatic carbocycles. The molecule has 4 heteroatoms. The van der Waals surface area contributed by atoms with Gasteiger partial charge in [-0.3, -0.25) is 9.69 Å². The molecule has 23 heavy (non-hydrogen) atoms. The maximum absolute atomic E-state index is 12.3. The first-order valence-electron chi connectivity index (χ1n) is 8.89. The van der Waals surface area contributed by atoms with Crippen LogP contribution in [0.15, 0.2) is 24.3 Å². The quantitative estimate of drug-likeness (QED) is 0.848. The lowest BCUT2D eigenvalue weighted by Gasteiger charge is -2.27. The third kappa shape index (κ3) is 5.33. The van der Waals surface area contributed by atoms with Gasteiger partial charge < -0.3 is 11.1 Å². The summed E-state index contributed by atoms with van der Waals surface area (Å²) in [6, 6.07) is 9.12. The second kappa shape index (κ2) is 8.46. The third-order valence-corrected chi connectivity index (χ3v) is 4.85. The number of nitrogens with two attached hydrogens (primary N) is 1. The van der Waals surface area contributed by atoms with E-state index in [-0.39, 0.29) is 11.9 Å². The average molecular weight is 317 g/mol. The molecular weight excluding hydrogens is 286 g/mol. The van der Waals surface area contributed by atoms with Crippen molar-refractivity contribution in [3.05, 3.63) is 35.4 Å². The monoisotopic (exact) mass is 317 g/mol. The Balaban J connectivity index is 1.89. The van der Waals surface area contributed by atoms with Crippen LogP contribution in [0.2, 0.25) is 0 Å². The summed E-state index contributed by atoms with van der Waals surface area (Å²) in [5.74, 6) is 0.0354. The van der Waals surface area contributed by atoms with Gasteiger partial charge >= 0.3 is 0 Å². The number of nitrogens with one attached hydrogen (secondary N) is 1. The van der Waals surface area contributed by atoms with Gasteiger partial charge in [-0.1, -0.05) is 19.1 Å². The molecule has 0 aromatic heterocycles. The Bertz CT molecular complexity index is 490. The van der Waals surface area contributed by atoms with Gasteiger partial charge in [0.05, 0.1) is 0 Å². The van der Waals surface area contributed by atoms with E-state index in [1.54, 1.807) is 0 Å². The zero-order valence-electron chi connectivity index (χ0n) is 14.7. The van der Waals surface area contributed by atoms with E-state index in [9.17, 15) is 4.79 Å². The SMILES string of the molecule is CCN(Cc1ccc(C(=O)NC2CCC(N)CC2)cc1)C(C)C. The standard InChI is InChI=1S/C19H31N3O/c1-4-22(14(2)3)13-15-5-7-16(8-6-15)19(23)21-18-11-9-17(20)10-12-18/h5-8,14,17-18H,4,9-13,20H2,1-3H3,(H,21,23). The minimum absolute atomic E-state index is 0.0354. The molecule has 1 saturated carbocycles. The molecule has 1 aromatic carbocycles. The zero-order valence-corrected chi connectivity index (χ0v) is 14.7. The zero-order chi connectivity index (χ0) is 16.8. The van der Waals surface area contributed by atoms with Crippen LogP contribution in [0.25, 0.3) is 0 Å². The first kappa shape index (κ1) is 18.0. The van der Waals surface area contributed by atoms with Crippen molar-refractivity contribution in [2.75, 3.05) is 6.54 Å². The molecule has 128 valence electrons. The van der Waals surface area contributed by atoms with E-state index in [4.69, 9.17) is 5.73 Å². The Morgan fingerprint density at radius 1 is 1.22 bits per heavy atom. The minimum Gasteiger partial charge on any atom is -0.349 e. The molecule has 3 N–H and O–H groups in total. The van der Waals surface area contributed by atoms with Crippen molar-refractivity contribution in [3.8, 4) is 0 Å². The van der Waals surface area contributed by atoms with Crippen LogP contribution in [-0.4, -0.2) is 35.5 Å². The van der Waals surface area contributed by atoms with E-state index in [0.29, 0.717) is 12.1 Å². The highest BCUT2D eigenvalue weighted by Crippen LogP contribution is 2.17. The summed E-state index contributed by atoms with van der Waals surface area (Å²) in [5.41, 5.74) is 7.91. The average Bonchev–Trinajstić information content (AvgIpc) is 2.55. The molecule has 1 aliphatic rings. The molecule has 0 radical (unpaired) electrons. The number of benzene rings is 1. The first-order valence-corrected chi connectivity index (χ1v) is 8.89. The fraction of sp³-hybridized carbons (Fsp3) is 0.632. The van der Waals surface area contributed by atoms with Gasteiger partial charge in [-0.25, -0.2) is 0 Å². The highest BCUT2D eigenvalue weighted by atomic mass is 16.1. The van der Waals surface area contributed by atoms with E-state index >= 15 is 0 Å². The van der Waals surface area contributed by atoms with E-state index in [1.807, 2.05) is 12.1 Å². The molecule has 0 unspecified atom stereocenters. The molecule has 0 aliphatic heterocycles. The van der Waals surface area contributed by atoms with Crippen LogP contribution in [0, 0.1) is 0 Å². The number of carbonyl (C=O) groups is 1. The topological polar surface area (TPSA) is 58.4 Å². The van der Waals surface area contributed by atoms with Crippen molar-refractivity contribution < 1.29 is 4.79 Å². The Hall–Kier alpha value is -1.39. The number of amides is 1. The Morgan fingerprint density at radius 2 is 1.83 bits per heavy atom. The number of nitrogens with zero attached hydrogens (tertiary/aromatic N) is 1. The molecule has 0 spiro atoms. The summed E-state index contributed by atoms with van der Waals surface area (Å²) in [7, 11) is 0. The fourth-order valence-electron chi connectivity index (χ4n) is 3.19. The van der Waals surface area contributed by atoms with Crippen LogP contribution in [0.4, 0.5) is 0 Å². The Kier molecular flexibility index (Phi) is 6.60. The minimum atomic E-state index is 0.0354. The molecule has 0 heterocycles. The maximum Gasteiger partial charge on any atom is 0.251 e. The van der Waals surface area contributed by atoms with Crippen molar-refractivity contribution in [2.24, 2.45) is 5.73 Å². The Labute approximate surface area is 140 Å². The molecule has 2 rings (SSSR count). The smallest absolute Gasteiger partial charge is 0.251 e. The second-order valence-corrected chi connectivity index (χ2v) is 6.94. The van der Waals surface area contributed by atoms with Crippen molar-refractivity contribution in [2.45, 2.75) is 71.1 Å². The summed E-state index contributed by atoms with van der Waals surface area (Å²) in [4.78, 5) is 14.7. The van der Waals surface area contributed by atoms with E-state index in [2.05, 4.69) is 43.1 Å². The van der Waals surface area contributed by atoms with Crippen molar-refractivity contribution >= 4 is 5.91 Å². The first-order chi connectivity index (χ1) is 11.0. The summed E-state index contributed by atoms with van der Waals surface area (Å²) in [5, 5.41) is 3.14. The number of carbonyl (C=O) groups excluding carboxylic acids is 1. The molecule has 1 aromatic rings. The third-order valence-electron chi connectivity index (χ3n) is 4.85. The lowest BCUT2D eigenvalue weighted by Crippen LogP contribution is -2.40. The van der Waals surface area contributed by atoms with Crippen LogP contribution in [0.5, 0.6) is 0 Å². The summed E-state index contributed by atoms with van der Waals surface area (Å²) >= 11 is 0. The lowest BCUT2D eigenvalue weighted by atomic mass is 9.91. The molecular formula is C19H31N3O. The van der Waals surface area contributed by atoms with E-state index < -0.39 is 0 Å². The fourth-order valence-corrected chi connectivity index (χ4v) is 3.19. The molecule has 1 amide bonds. The van der Waals surface area contributed by atoms with Gasteiger partial charge in [0, 0.05) is 30.2 Å². The normalized spacial score (nSPS) is 21.7. The lowest BCUT2D eigenvalue weighted by molar-refractivity contribution is 0.0926. The largest absolute Gasteiger partial charge is 0.349 e. The van der Waals surface area contributed by atoms with Crippen molar-refractivity contribution in [1.82, 2.24) is 10.2 Å². The number of hydrogen-bond donors (Lipinski definition) is 2. The highest BCUT2D eigenvalue weighted by molar-refractivity contribution is 5.94. The second-order valence-electron chi connectivity index (χ2n) is 6.94. The maximum atomic E-state index is 12.3. The molecule has 0 saturated heterocycles.